The van der Waals surface area contributed by atoms with Gasteiger partial charge in [-0.1, -0.05) is 10.6 Å². The van der Waals surface area contributed by atoms with Crippen LogP contribution in [0, 0.1) is 5.92 Å². The fraction of sp³-hybridized carbons (Fsp3) is 0.357. The lowest BCUT2D eigenvalue weighted by Crippen LogP contribution is -2.44. The molecule has 2 aromatic rings. The van der Waals surface area contributed by atoms with E-state index in [0.717, 1.165) is 24.4 Å². The quantitative estimate of drug-likeness (QED) is 0.875. The summed E-state index contributed by atoms with van der Waals surface area (Å²) in [5.74, 6) is -0.202. The number of hydrogen-bond donors (Lipinski definition) is 1. The number of amides is 2. The second-order valence-electron chi connectivity index (χ2n) is 5.08. The van der Waals surface area contributed by atoms with Crippen LogP contribution in [0.5, 0.6) is 0 Å². The molecule has 1 aliphatic rings. The highest BCUT2D eigenvalue weighted by atomic mass is 32.1. The van der Waals surface area contributed by atoms with E-state index in [-0.39, 0.29) is 17.7 Å². The molecule has 0 aromatic carbocycles. The number of rotatable bonds is 3. The van der Waals surface area contributed by atoms with Crippen molar-refractivity contribution in [3.8, 4) is 0 Å². The molecule has 2 aromatic heterocycles. The van der Waals surface area contributed by atoms with E-state index in [1.54, 1.807) is 29.3 Å². The van der Waals surface area contributed by atoms with Gasteiger partial charge in [0, 0.05) is 36.7 Å². The van der Waals surface area contributed by atoms with Crippen LogP contribution >= 0.6 is 11.5 Å². The topological polar surface area (TPSA) is 88.1 Å². The molecule has 1 aliphatic heterocycles. The molecule has 1 atom stereocenters. The Morgan fingerprint density at radius 3 is 3.00 bits per heavy atom. The van der Waals surface area contributed by atoms with E-state index < -0.39 is 0 Å². The number of carbonyl (C=O) groups excluding carboxylic acids is 2. The smallest absolute Gasteiger partial charge is 0.322 e. The third kappa shape index (κ3) is 3.28. The van der Waals surface area contributed by atoms with Crippen LogP contribution in [0.2, 0.25) is 0 Å². The van der Waals surface area contributed by atoms with E-state index in [2.05, 4.69) is 19.9 Å². The number of Topliss-reactive ketones (excluding diaryl/α,β-unsaturated/α-hetero) is 1. The number of likely N-dealkylation sites (tertiary alicyclic amines) is 1. The summed E-state index contributed by atoms with van der Waals surface area (Å²) in [6, 6.07) is 5.07. The molecule has 1 fully saturated rings. The summed E-state index contributed by atoms with van der Waals surface area (Å²) in [6.07, 6.45) is 4.69. The number of nitrogens with one attached hydrogen (secondary N) is 1. The van der Waals surface area contributed by atoms with Crippen molar-refractivity contribution in [2.75, 3.05) is 18.4 Å². The maximum atomic E-state index is 12.4. The maximum absolute atomic E-state index is 12.4. The van der Waals surface area contributed by atoms with Crippen LogP contribution in [-0.2, 0) is 0 Å². The highest BCUT2D eigenvalue weighted by Gasteiger charge is 2.29. The number of pyridine rings is 1. The van der Waals surface area contributed by atoms with E-state index in [1.165, 1.54) is 6.20 Å². The van der Waals surface area contributed by atoms with Gasteiger partial charge in [-0.3, -0.25) is 15.1 Å². The molecule has 0 spiro atoms. The Kier molecular flexibility index (Phi) is 4.38. The second kappa shape index (κ2) is 6.61. The van der Waals surface area contributed by atoms with Gasteiger partial charge in [0.2, 0.25) is 0 Å². The zero-order valence-corrected chi connectivity index (χ0v) is 12.6. The first kappa shape index (κ1) is 14.6. The van der Waals surface area contributed by atoms with Crippen molar-refractivity contribution in [2.45, 2.75) is 12.8 Å². The number of ketones is 1. The summed E-state index contributed by atoms with van der Waals surface area (Å²) in [6.45, 7) is 1.05. The van der Waals surface area contributed by atoms with Crippen molar-refractivity contribution in [1.29, 1.82) is 0 Å². The molecule has 0 aliphatic carbocycles. The Morgan fingerprint density at radius 2 is 2.27 bits per heavy atom. The van der Waals surface area contributed by atoms with E-state index in [9.17, 15) is 9.59 Å². The molecule has 0 bridgehead atoms. The fourth-order valence-corrected chi connectivity index (χ4v) is 2.91. The van der Waals surface area contributed by atoms with Crippen LogP contribution < -0.4 is 5.32 Å². The average molecular weight is 317 g/mol. The molecule has 0 unspecified atom stereocenters. The van der Waals surface area contributed by atoms with Gasteiger partial charge in [-0.25, -0.2) is 4.79 Å². The van der Waals surface area contributed by atoms with Crippen molar-refractivity contribution in [3.05, 3.63) is 36.3 Å². The Labute approximate surface area is 131 Å². The number of carbonyl (C=O) groups is 2. The molecule has 0 saturated carbocycles. The zero-order chi connectivity index (χ0) is 15.4. The van der Waals surface area contributed by atoms with Gasteiger partial charge in [-0.2, -0.15) is 0 Å². The Balaban J connectivity index is 1.64. The van der Waals surface area contributed by atoms with Crippen LogP contribution in [0.3, 0.4) is 0 Å². The number of piperidine rings is 1. The molecule has 1 N–H and O–H groups in total. The van der Waals surface area contributed by atoms with E-state index in [1.807, 2.05) is 0 Å². The highest BCUT2D eigenvalue weighted by molar-refractivity contribution is 7.10. The number of nitrogens with zero attached hydrogens (tertiary/aromatic N) is 4. The molecule has 0 radical (unpaired) electrons. The standard InChI is InChI=1S/C14H15N5O2S/c20-13(11-5-1-2-6-15-11)10-4-3-7-19(9-10)14(21)17-12-8-16-18-22-12/h1-2,5-6,8,10H,3-4,7,9H2,(H,17,21)/t10-/m0/s1. The lowest BCUT2D eigenvalue weighted by Gasteiger charge is -2.31. The van der Waals surface area contributed by atoms with Crippen molar-refractivity contribution < 1.29 is 9.59 Å². The van der Waals surface area contributed by atoms with Crippen LogP contribution in [0.15, 0.2) is 30.6 Å². The minimum Gasteiger partial charge on any atom is -0.324 e. The largest absolute Gasteiger partial charge is 0.324 e. The summed E-state index contributed by atoms with van der Waals surface area (Å²) in [7, 11) is 0. The molecule has 2 amide bonds. The van der Waals surface area contributed by atoms with Crippen LogP contribution in [0.4, 0.5) is 9.80 Å². The fourth-order valence-electron chi connectivity index (χ4n) is 2.50. The third-order valence-electron chi connectivity index (χ3n) is 3.59. The molecule has 22 heavy (non-hydrogen) atoms. The normalized spacial score (nSPS) is 18.0. The van der Waals surface area contributed by atoms with Crippen LogP contribution in [-0.4, -0.2) is 44.4 Å². The Bertz CT molecular complexity index is 647. The van der Waals surface area contributed by atoms with E-state index in [4.69, 9.17) is 0 Å². The SMILES string of the molecule is O=C(c1ccccn1)[C@H]1CCCN(C(=O)Nc2cnns2)C1. The molecule has 3 rings (SSSR count). The Morgan fingerprint density at radius 1 is 1.36 bits per heavy atom. The second-order valence-corrected chi connectivity index (χ2v) is 5.86. The van der Waals surface area contributed by atoms with Gasteiger partial charge in [-0.15, -0.1) is 5.10 Å². The molecule has 8 heteroatoms. The van der Waals surface area contributed by atoms with Gasteiger partial charge < -0.3 is 4.90 Å². The van der Waals surface area contributed by atoms with E-state index in [0.29, 0.717) is 23.8 Å². The lowest BCUT2D eigenvalue weighted by molar-refractivity contribution is 0.0846. The third-order valence-corrected chi connectivity index (χ3v) is 4.17. The first-order chi connectivity index (χ1) is 10.7. The predicted molar refractivity (Wildman–Crippen MR) is 81.8 cm³/mol. The highest BCUT2D eigenvalue weighted by Crippen LogP contribution is 2.21. The molecule has 7 nitrogen and oxygen atoms in total. The van der Waals surface area contributed by atoms with E-state index >= 15 is 0 Å². The van der Waals surface area contributed by atoms with Crippen LogP contribution in [0.25, 0.3) is 0 Å². The van der Waals surface area contributed by atoms with Gasteiger partial charge in [0.05, 0.1) is 6.20 Å². The summed E-state index contributed by atoms with van der Waals surface area (Å²) >= 11 is 1.12. The van der Waals surface area contributed by atoms with Crippen molar-refractivity contribution >= 4 is 28.3 Å². The Hall–Kier alpha value is -2.35. The zero-order valence-electron chi connectivity index (χ0n) is 11.8. The predicted octanol–water partition coefficient (Wildman–Crippen LogP) is 2.06. The maximum Gasteiger partial charge on any atom is 0.322 e. The number of urea groups is 1. The van der Waals surface area contributed by atoms with Crippen molar-refractivity contribution in [1.82, 2.24) is 19.5 Å². The lowest BCUT2D eigenvalue weighted by atomic mass is 9.92. The van der Waals surface area contributed by atoms with Gasteiger partial charge in [-0.05, 0) is 25.0 Å². The number of aromatic nitrogens is 3. The van der Waals surface area contributed by atoms with Gasteiger partial charge in [0.1, 0.15) is 10.7 Å². The molecule has 3 heterocycles. The van der Waals surface area contributed by atoms with Crippen molar-refractivity contribution in [2.24, 2.45) is 5.92 Å². The van der Waals surface area contributed by atoms with Gasteiger partial charge in [0.25, 0.3) is 0 Å². The summed E-state index contributed by atoms with van der Waals surface area (Å²) in [5.41, 5.74) is 0.460. The minimum atomic E-state index is -0.218. The number of anilines is 1. The molecular formula is C14H15N5O2S. The molecule has 1 saturated heterocycles. The summed E-state index contributed by atoms with van der Waals surface area (Å²) in [5, 5.41) is 7.02. The molecule has 114 valence electrons. The average Bonchev–Trinajstić information content (AvgIpc) is 3.08. The molecular weight excluding hydrogens is 302 g/mol. The van der Waals surface area contributed by atoms with Gasteiger partial charge in [0.15, 0.2) is 5.78 Å². The first-order valence-corrected chi connectivity index (χ1v) is 7.80. The monoisotopic (exact) mass is 317 g/mol. The van der Waals surface area contributed by atoms with Gasteiger partial charge >= 0.3 is 6.03 Å². The first-order valence-electron chi connectivity index (χ1n) is 7.02. The number of hydrogen-bond acceptors (Lipinski definition) is 6. The summed E-state index contributed by atoms with van der Waals surface area (Å²) < 4.78 is 3.70. The summed E-state index contributed by atoms with van der Waals surface area (Å²) in [4.78, 5) is 30.4. The van der Waals surface area contributed by atoms with Crippen LogP contribution in [0.1, 0.15) is 23.3 Å². The minimum absolute atomic E-state index is 0.00226. The van der Waals surface area contributed by atoms with Crippen molar-refractivity contribution in [3.63, 3.8) is 0 Å².